The third kappa shape index (κ3) is 2.78. The maximum absolute atomic E-state index is 13.2. The Balaban J connectivity index is 1.69. The molecule has 0 fully saturated rings. The molecule has 2 heterocycles. The summed E-state index contributed by atoms with van der Waals surface area (Å²) in [5.74, 6) is 0.145. The van der Waals surface area contributed by atoms with Crippen LogP contribution in [0.2, 0.25) is 0 Å². The normalized spacial score (nSPS) is 20.0. The molecule has 152 valence electrons. The first kappa shape index (κ1) is 18.6. The number of rotatable bonds is 3. The highest BCUT2D eigenvalue weighted by atomic mass is 16.3. The third-order valence-corrected chi connectivity index (χ3v) is 6.96. The summed E-state index contributed by atoms with van der Waals surface area (Å²) < 4.78 is 0. The van der Waals surface area contributed by atoms with Gasteiger partial charge in [0.15, 0.2) is 0 Å². The van der Waals surface area contributed by atoms with Crippen molar-refractivity contribution in [2.75, 3.05) is 18.1 Å². The number of hydrogen-bond donors (Lipinski definition) is 2. The average molecular weight is 392 g/mol. The summed E-state index contributed by atoms with van der Waals surface area (Å²) in [5, 5.41) is 16.9. The number of anilines is 1. The predicted molar refractivity (Wildman–Crippen MR) is 115 cm³/mol. The summed E-state index contributed by atoms with van der Waals surface area (Å²) in [6.07, 6.45) is 9.07. The van der Waals surface area contributed by atoms with Gasteiger partial charge >= 0.3 is 0 Å². The molecule has 5 rings (SSSR count). The van der Waals surface area contributed by atoms with Gasteiger partial charge in [0.25, 0.3) is 0 Å². The van der Waals surface area contributed by atoms with E-state index in [4.69, 9.17) is 0 Å². The van der Waals surface area contributed by atoms with E-state index in [0.717, 1.165) is 49.8 Å². The first-order valence-corrected chi connectivity index (χ1v) is 10.9. The molecular weight excluding hydrogens is 362 g/mol. The van der Waals surface area contributed by atoms with Crippen LogP contribution in [0.15, 0.2) is 18.3 Å². The van der Waals surface area contributed by atoms with Crippen molar-refractivity contribution in [2.24, 2.45) is 0 Å². The highest BCUT2D eigenvalue weighted by molar-refractivity contribution is 6.08. The van der Waals surface area contributed by atoms with Gasteiger partial charge in [-0.15, -0.1) is 0 Å². The van der Waals surface area contributed by atoms with Crippen molar-refractivity contribution in [2.45, 2.75) is 64.2 Å². The third-order valence-electron chi connectivity index (χ3n) is 6.96. The van der Waals surface area contributed by atoms with Gasteiger partial charge < -0.3 is 10.0 Å². The van der Waals surface area contributed by atoms with E-state index in [2.05, 4.69) is 22.3 Å². The Morgan fingerprint density at radius 3 is 2.66 bits per heavy atom. The van der Waals surface area contributed by atoms with Crippen LogP contribution in [-0.4, -0.2) is 34.4 Å². The first-order valence-electron chi connectivity index (χ1n) is 10.9. The number of aromatic nitrogens is 2. The van der Waals surface area contributed by atoms with Crippen molar-refractivity contribution in [3.63, 3.8) is 0 Å². The van der Waals surface area contributed by atoms with Crippen LogP contribution in [-0.2, 0) is 23.1 Å². The molecule has 2 aromatic rings. The number of fused-ring (bicyclic) bond motifs is 5. The molecule has 0 radical (unpaired) electrons. The fourth-order valence-corrected chi connectivity index (χ4v) is 5.41. The second-order valence-electron chi connectivity index (χ2n) is 9.12. The zero-order valence-electron chi connectivity index (χ0n) is 17.3. The van der Waals surface area contributed by atoms with Crippen LogP contribution >= 0.6 is 0 Å². The fraction of sp³-hybridized carbons (Fsp3) is 0.500. The van der Waals surface area contributed by atoms with Gasteiger partial charge in [0, 0.05) is 18.8 Å². The Bertz CT molecular complexity index is 1020. The number of carbonyl (C=O) groups is 1. The lowest BCUT2D eigenvalue weighted by molar-refractivity contribution is -0.122. The monoisotopic (exact) mass is 391 g/mol. The van der Waals surface area contributed by atoms with E-state index in [9.17, 15) is 9.90 Å². The van der Waals surface area contributed by atoms with E-state index in [1.807, 2.05) is 24.9 Å². The highest BCUT2D eigenvalue weighted by Crippen LogP contribution is 2.48. The van der Waals surface area contributed by atoms with E-state index in [1.54, 1.807) is 0 Å². The lowest BCUT2D eigenvalue weighted by Gasteiger charge is -2.20. The zero-order chi connectivity index (χ0) is 20.2. The maximum Gasteiger partial charge on any atom is 0.237 e. The molecule has 0 unspecified atom stereocenters. The van der Waals surface area contributed by atoms with Crippen LogP contribution in [0.25, 0.3) is 11.1 Å². The van der Waals surface area contributed by atoms with Gasteiger partial charge in [-0.2, -0.15) is 5.10 Å². The zero-order valence-corrected chi connectivity index (χ0v) is 17.3. The van der Waals surface area contributed by atoms with Crippen LogP contribution in [0.5, 0.6) is 0 Å². The Morgan fingerprint density at radius 2 is 1.86 bits per heavy atom. The number of aliphatic hydroxyl groups excluding tert-OH is 1. The molecule has 5 heteroatoms. The number of aromatic amines is 1. The molecule has 3 aliphatic rings. The number of aliphatic hydroxyl groups is 1. The van der Waals surface area contributed by atoms with Crippen molar-refractivity contribution in [3.8, 4) is 0 Å². The number of hydrogen-bond acceptors (Lipinski definition) is 3. The average Bonchev–Trinajstić information content (AvgIpc) is 3.10. The summed E-state index contributed by atoms with van der Waals surface area (Å²) in [5.41, 5.74) is 9.76. The summed E-state index contributed by atoms with van der Waals surface area (Å²) in [6, 6.07) is 4.58. The maximum atomic E-state index is 13.2. The van der Waals surface area contributed by atoms with E-state index in [1.165, 1.54) is 33.5 Å². The van der Waals surface area contributed by atoms with Gasteiger partial charge in [0.2, 0.25) is 5.91 Å². The number of carbonyl (C=O) groups excluding carboxylic acids is 1. The summed E-state index contributed by atoms with van der Waals surface area (Å²) in [4.78, 5) is 15.1. The lowest BCUT2D eigenvalue weighted by Crippen LogP contribution is -2.37. The lowest BCUT2D eigenvalue weighted by atomic mass is 9.83. The smallest absolute Gasteiger partial charge is 0.237 e. The fourth-order valence-electron chi connectivity index (χ4n) is 5.41. The second-order valence-corrected chi connectivity index (χ2v) is 9.12. The molecular formula is C24H29N3O2. The van der Waals surface area contributed by atoms with Crippen molar-refractivity contribution in [3.05, 3.63) is 46.3 Å². The van der Waals surface area contributed by atoms with Gasteiger partial charge in [-0.1, -0.05) is 6.07 Å². The summed E-state index contributed by atoms with van der Waals surface area (Å²) in [6.45, 7) is 4.73. The standard InChI is InChI=1S/C24H29N3O2/c1-24(2)20-12-15-6-3-9-18-17(8-4-7-16-14-25-26-22(16)18)19(15)13-21(20)27(23(24)29)10-5-11-28/h12-14,28H,3-11H2,1-2H3,(H,25,26). The van der Waals surface area contributed by atoms with Crippen molar-refractivity contribution in [1.29, 1.82) is 0 Å². The van der Waals surface area contributed by atoms with E-state index in [0.29, 0.717) is 13.0 Å². The van der Waals surface area contributed by atoms with Gasteiger partial charge in [0.05, 0.1) is 17.3 Å². The Morgan fingerprint density at radius 1 is 1.10 bits per heavy atom. The first-order chi connectivity index (χ1) is 14.0. The quantitative estimate of drug-likeness (QED) is 0.831. The molecule has 2 aliphatic carbocycles. The molecule has 0 atom stereocenters. The molecule has 1 aromatic heterocycles. The van der Waals surface area contributed by atoms with Crippen LogP contribution in [0.4, 0.5) is 5.69 Å². The Hall–Kier alpha value is -2.40. The van der Waals surface area contributed by atoms with E-state index >= 15 is 0 Å². The number of benzene rings is 1. The van der Waals surface area contributed by atoms with Crippen molar-refractivity contribution < 1.29 is 9.90 Å². The second kappa shape index (κ2) is 6.84. The molecule has 1 aromatic carbocycles. The van der Waals surface area contributed by atoms with Crippen LogP contribution in [0, 0.1) is 0 Å². The number of nitrogens with zero attached hydrogens (tertiary/aromatic N) is 2. The van der Waals surface area contributed by atoms with E-state index < -0.39 is 5.41 Å². The number of amides is 1. The topological polar surface area (TPSA) is 69.2 Å². The molecule has 0 spiro atoms. The molecule has 0 saturated carbocycles. The van der Waals surface area contributed by atoms with Gasteiger partial charge in [-0.25, -0.2) is 0 Å². The summed E-state index contributed by atoms with van der Waals surface area (Å²) >= 11 is 0. The SMILES string of the molecule is CC1(C)C(=O)N(CCCO)c2cc3c(cc21)CCCC1=C3CCCc2cn[nH]c21. The molecule has 1 aliphatic heterocycles. The minimum absolute atomic E-state index is 0.0996. The Kier molecular flexibility index (Phi) is 4.39. The molecule has 5 nitrogen and oxygen atoms in total. The number of H-pyrrole nitrogens is 1. The summed E-state index contributed by atoms with van der Waals surface area (Å²) in [7, 11) is 0. The van der Waals surface area contributed by atoms with Crippen LogP contribution < -0.4 is 4.90 Å². The molecule has 1 amide bonds. The van der Waals surface area contributed by atoms with Gasteiger partial charge in [-0.05, 0) is 98.3 Å². The predicted octanol–water partition coefficient (Wildman–Crippen LogP) is 4.00. The number of nitrogens with one attached hydrogen (secondary N) is 1. The Labute approximate surface area is 171 Å². The van der Waals surface area contributed by atoms with Gasteiger partial charge in [0.1, 0.15) is 0 Å². The number of aryl methyl sites for hydroxylation is 2. The van der Waals surface area contributed by atoms with Gasteiger partial charge in [-0.3, -0.25) is 9.89 Å². The van der Waals surface area contributed by atoms with Crippen LogP contribution in [0.1, 0.15) is 73.9 Å². The number of allylic oxidation sites excluding steroid dienone is 2. The minimum atomic E-state index is -0.511. The van der Waals surface area contributed by atoms with E-state index in [-0.39, 0.29) is 12.5 Å². The minimum Gasteiger partial charge on any atom is -0.396 e. The molecule has 29 heavy (non-hydrogen) atoms. The van der Waals surface area contributed by atoms with Crippen molar-refractivity contribution in [1.82, 2.24) is 10.2 Å². The molecule has 2 N–H and O–H groups in total. The highest BCUT2D eigenvalue weighted by Gasteiger charge is 2.44. The molecule has 0 saturated heterocycles. The molecule has 0 bridgehead atoms. The van der Waals surface area contributed by atoms with Crippen molar-refractivity contribution >= 4 is 22.7 Å². The van der Waals surface area contributed by atoms with Crippen LogP contribution in [0.3, 0.4) is 0 Å². The largest absolute Gasteiger partial charge is 0.396 e.